The van der Waals surface area contributed by atoms with Gasteiger partial charge in [-0.1, -0.05) is 11.3 Å². The van der Waals surface area contributed by atoms with Crippen LogP contribution in [-0.4, -0.2) is 9.97 Å². The van der Waals surface area contributed by atoms with Crippen molar-refractivity contribution < 1.29 is 4.42 Å². The van der Waals surface area contributed by atoms with Crippen LogP contribution in [0.25, 0.3) is 11.0 Å². The van der Waals surface area contributed by atoms with E-state index in [9.17, 15) is 0 Å². The third-order valence-electron chi connectivity index (χ3n) is 2.22. The molecule has 3 heterocycles. The summed E-state index contributed by atoms with van der Waals surface area (Å²) in [6.45, 7) is 0. The summed E-state index contributed by atoms with van der Waals surface area (Å²) in [6, 6.07) is 5.67. The molecule has 0 saturated heterocycles. The molecule has 0 aliphatic carbocycles. The maximum Gasteiger partial charge on any atom is 0.189 e. The molecule has 3 aromatic heterocycles. The maximum absolute atomic E-state index is 8.72. The van der Waals surface area contributed by atoms with Gasteiger partial charge < -0.3 is 9.73 Å². The predicted octanol–water partition coefficient (Wildman–Crippen LogP) is 2.90. The molecule has 0 aliphatic heterocycles. The van der Waals surface area contributed by atoms with E-state index in [0.717, 1.165) is 11.0 Å². The molecule has 0 bridgehead atoms. The van der Waals surface area contributed by atoms with Gasteiger partial charge in [-0.15, -0.1) is 0 Å². The molecule has 0 aliphatic rings. The monoisotopic (exact) mass is 242 g/mol. The van der Waals surface area contributed by atoms with Crippen LogP contribution in [0.15, 0.2) is 35.2 Å². The number of pyridine rings is 1. The van der Waals surface area contributed by atoms with Crippen molar-refractivity contribution in [3.63, 3.8) is 0 Å². The summed E-state index contributed by atoms with van der Waals surface area (Å²) in [7, 11) is 0. The lowest BCUT2D eigenvalue weighted by molar-refractivity contribution is 0.615. The summed E-state index contributed by atoms with van der Waals surface area (Å²) >= 11 is 1.28. The topological polar surface area (TPSA) is 74.7 Å². The third kappa shape index (κ3) is 1.73. The Kier molecular flexibility index (Phi) is 2.24. The van der Waals surface area contributed by atoms with E-state index >= 15 is 0 Å². The molecule has 5 nitrogen and oxygen atoms in total. The smallest absolute Gasteiger partial charge is 0.189 e. The zero-order chi connectivity index (χ0) is 11.7. The lowest BCUT2D eigenvalue weighted by atomic mass is 10.3. The number of fused-ring (bicyclic) bond motifs is 1. The number of thiazole rings is 1. The van der Waals surface area contributed by atoms with Gasteiger partial charge in [0.25, 0.3) is 0 Å². The Bertz CT molecular complexity index is 709. The Balaban J connectivity index is 2.00. The fourth-order valence-electron chi connectivity index (χ4n) is 1.48. The fourth-order valence-corrected chi connectivity index (χ4v) is 2.09. The van der Waals surface area contributed by atoms with Crippen molar-refractivity contribution in [3.8, 4) is 6.07 Å². The van der Waals surface area contributed by atoms with Crippen molar-refractivity contribution in [1.82, 2.24) is 9.97 Å². The van der Waals surface area contributed by atoms with E-state index in [1.165, 1.54) is 17.5 Å². The van der Waals surface area contributed by atoms with Crippen LogP contribution >= 0.6 is 11.3 Å². The van der Waals surface area contributed by atoms with Crippen LogP contribution in [-0.2, 0) is 0 Å². The van der Waals surface area contributed by atoms with Gasteiger partial charge in [-0.2, -0.15) is 5.26 Å². The molecule has 0 spiro atoms. The predicted molar refractivity (Wildman–Crippen MR) is 64.1 cm³/mol. The molecule has 3 rings (SSSR count). The minimum atomic E-state index is 0.562. The molecular formula is C11H6N4OS. The number of nitrogens with one attached hydrogen (secondary N) is 1. The molecule has 0 unspecified atom stereocenters. The highest BCUT2D eigenvalue weighted by Gasteiger charge is 2.07. The van der Waals surface area contributed by atoms with E-state index in [-0.39, 0.29) is 0 Å². The first-order valence-corrected chi connectivity index (χ1v) is 5.63. The highest BCUT2D eigenvalue weighted by Crippen LogP contribution is 2.26. The molecule has 0 atom stereocenters. The van der Waals surface area contributed by atoms with Gasteiger partial charge in [-0.3, -0.25) is 0 Å². The van der Waals surface area contributed by atoms with Gasteiger partial charge in [0.05, 0.1) is 17.8 Å². The lowest BCUT2D eigenvalue weighted by Crippen LogP contribution is -1.92. The molecule has 17 heavy (non-hydrogen) atoms. The van der Waals surface area contributed by atoms with Crippen LogP contribution in [0.2, 0.25) is 0 Å². The molecule has 0 fully saturated rings. The molecular weight excluding hydrogens is 236 g/mol. The highest BCUT2D eigenvalue weighted by atomic mass is 32.1. The van der Waals surface area contributed by atoms with Crippen LogP contribution in [0.1, 0.15) is 4.88 Å². The summed E-state index contributed by atoms with van der Waals surface area (Å²) in [6.07, 6.45) is 4.80. The summed E-state index contributed by atoms with van der Waals surface area (Å²) in [5, 5.41) is 13.3. The quantitative estimate of drug-likeness (QED) is 0.747. The lowest BCUT2D eigenvalue weighted by Gasteiger charge is -2.01. The molecule has 3 aromatic rings. The van der Waals surface area contributed by atoms with Crippen LogP contribution in [0.4, 0.5) is 10.9 Å². The van der Waals surface area contributed by atoms with Crippen LogP contribution < -0.4 is 5.32 Å². The minimum Gasteiger partial charge on any atom is -0.464 e. The number of hydrogen-bond acceptors (Lipinski definition) is 6. The normalized spacial score (nSPS) is 10.3. The Morgan fingerprint density at radius 1 is 1.35 bits per heavy atom. The molecule has 0 radical (unpaired) electrons. The second-order valence-electron chi connectivity index (χ2n) is 3.26. The van der Waals surface area contributed by atoms with Crippen molar-refractivity contribution in [2.24, 2.45) is 0 Å². The van der Waals surface area contributed by atoms with Gasteiger partial charge in [-0.05, 0) is 12.1 Å². The van der Waals surface area contributed by atoms with Crippen molar-refractivity contribution >= 4 is 33.3 Å². The number of furan rings is 1. The van der Waals surface area contributed by atoms with Gasteiger partial charge in [0.15, 0.2) is 5.13 Å². The van der Waals surface area contributed by atoms with E-state index < -0.39 is 0 Å². The Morgan fingerprint density at radius 3 is 3.12 bits per heavy atom. The second kappa shape index (κ2) is 3.88. The van der Waals surface area contributed by atoms with Gasteiger partial charge in [0, 0.05) is 6.20 Å². The number of rotatable bonds is 2. The molecule has 6 heteroatoms. The molecule has 0 saturated carbocycles. The van der Waals surface area contributed by atoms with Gasteiger partial charge in [0.1, 0.15) is 22.3 Å². The first-order chi connectivity index (χ1) is 8.36. The minimum absolute atomic E-state index is 0.562. The third-order valence-corrected chi connectivity index (χ3v) is 3.04. The summed E-state index contributed by atoms with van der Waals surface area (Å²) in [5.74, 6) is 0.676. The Hall–Kier alpha value is -2.39. The highest BCUT2D eigenvalue weighted by molar-refractivity contribution is 7.16. The van der Waals surface area contributed by atoms with E-state index in [4.69, 9.17) is 9.68 Å². The maximum atomic E-state index is 8.72. The average Bonchev–Trinajstić information content (AvgIpc) is 2.97. The number of hydrogen-bond donors (Lipinski definition) is 1. The summed E-state index contributed by atoms with van der Waals surface area (Å²) in [4.78, 5) is 8.87. The summed E-state index contributed by atoms with van der Waals surface area (Å²) < 4.78 is 5.27. The number of nitrogens with zero attached hydrogens (tertiary/aromatic N) is 3. The number of anilines is 2. The van der Waals surface area contributed by atoms with Gasteiger partial charge in [0.2, 0.25) is 0 Å². The molecule has 1 N–H and O–H groups in total. The molecule has 0 aromatic carbocycles. The van der Waals surface area contributed by atoms with Gasteiger partial charge >= 0.3 is 0 Å². The first kappa shape index (κ1) is 9.81. The Morgan fingerprint density at radius 2 is 2.29 bits per heavy atom. The first-order valence-electron chi connectivity index (χ1n) is 4.82. The van der Waals surface area contributed by atoms with E-state index in [0.29, 0.717) is 15.8 Å². The largest absolute Gasteiger partial charge is 0.464 e. The Labute approximate surface area is 100 Å². The van der Waals surface area contributed by atoms with Crippen LogP contribution in [0.5, 0.6) is 0 Å². The SMILES string of the molecule is N#Cc1cnc(Nc2nccc3occc23)s1. The van der Waals surface area contributed by atoms with Crippen LogP contribution in [0, 0.1) is 11.3 Å². The van der Waals surface area contributed by atoms with Gasteiger partial charge in [-0.25, -0.2) is 9.97 Å². The zero-order valence-electron chi connectivity index (χ0n) is 8.54. The van der Waals surface area contributed by atoms with Crippen molar-refractivity contribution in [1.29, 1.82) is 5.26 Å². The van der Waals surface area contributed by atoms with Crippen molar-refractivity contribution in [2.75, 3.05) is 5.32 Å². The van der Waals surface area contributed by atoms with E-state index in [2.05, 4.69) is 15.3 Å². The zero-order valence-corrected chi connectivity index (χ0v) is 9.36. The van der Waals surface area contributed by atoms with Crippen LogP contribution in [0.3, 0.4) is 0 Å². The van der Waals surface area contributed by atoms with E-state index in [1.54, 1.807) is 18.5 Å². The van der Waals surface area contributed by atoms with E-state index in [1.807, 2.05) is 12.1 Å². The van der Waals surface area contributed by atoms with Crippen molar-refractivity contribution in [2.45, 2.75) is 0 Å². The standard InChI is InChI=1S/C11H6N4OS/c12-5-7-6-14-11(17-7)15-10-8-2-4-16-9(8)1-3-13-10/h1-4,6H,(H,13,14,15). The van der Waals surface area contributed by atoms with Crippen molar-refractivity contribution in [3.05, 3.63) is 35.7 Å². The average molecular weight is 242 g/mol. The second-order valence-corrected chi connectivity index (χ2v) is 4.29. The summed E-state index contributed by atoms with van der Waals surface area (Å²) in [5.41, 5.74) is 0.763. The number of nitriles is 1. The molecule has 82 valence electrons. The number of aromatic nitrogens is 2. The molecule has 0 amide bonds. The fraction of sp³-hybridized carbons (Fsp3) is 0.